The Labute approximate surface area is 159 Å². The molecule has 2 aromatic carbocycles. The molecule has 7 nitrogen and oxygen atoms in total. The van der Waals surface area contributed by atoms with Gasteiger partial charge in [-0.05, 0) is 35.4 Å². The lowest BCUT2D eigenvalue weighted by Crippen LogP contribution is -2.08. The van der Waals surface area contributed by atoms with Gasteiger partial charge >= 0.3 is 4.87 Å². The van der Waals surface area contributed by atoms with Gasteiger partial charge in [-0.2, -0.15) is 4.91 Å². The summed E-state index contributed by atoms with van der Waals surface area (Å²) < 4.78 is 10.8. The second kappa shape index (κ2) is 8.50. The highest BCUT2D eigenvalue weighted by molar-refractivity contribution is 7.09. The summed E-state index contributed by atoms with van der Waals surface area (Å²) in [7, 11) is 1.56. The molecule has 0 amide bonds. The van der Waals surface area contributed by atoms with Gasteiger partial charge in [-0.1, -0.05) is 40.8 Å². The van der Waals surface area contributed by atoms with E-state index >= 15 is 0 Å². The van der Waals surface area contributed by atoms with E-state index < -0.39 is 6.04 Å². The first-order valence-corrected chi connectivity index (χ1v) is 9.00. The zero-order chi connectivity index (χ0) is 19.2. The van der Waals surface area contributed by atoms with Gasteiger partial charge in [0.1, 0.15) is 18.1 Å². The molecule has 0 aliphatic carbocycles. The first kappa shape index (κ1) is 18.7. The fourth-order valence-corrected chi connectivity index (χ4v) is 3.33. The number of ether oxygens (including phenoxy) is 2. The maximum Gasteiger partial charge on any atom is 0.307 e. The van der Waals surface area contributed by atoms with Gasteiger partial charge in [-0.3, -0.25) is 9.78 Å². The molecule has 1 aromatic heterocycles. The summed E-state index contributed by atoms with van der Waals surface area (Å²) in [6.07, 6.45) is 0.442. The Morgan fingerprint density at radius 3 is 2.59 bits per heavy atom. The van der Waals surface area contributed by atoms with Crippen LogP contribution in [0.2, 0.25) is 0 Å². The van der Waals surface area contributed by atoms with E-state index in [0.29, 0.717) is 22.8 Å². The van der Waals surface area contributed by atoms with E-state index in [9.17, 15) is 14.8 Å². The minimum atomic E-state index is -0.645. The molecule has 0 aliphatic rings. The van der Waals surface area contributed by atoms with Gasteiger partial charge < -0.3 is 14.6 Å². The molecule has 1 atom stereocenters. The maximum absolute atomic E-state index is 11.2. The lowest BCUT2D eigenvalue weighted by atomic mass is 10.1. The minimum absolute atomic E-state index is 0.0940. The van der Waals surface area contributed by atoms with Crippen molar-refractivity contribution in [3.63, 3.8) is 0 Å². The van der Waals surface area contributed by atoms with Crippen LogP contribution >= 0.6 is 11.3 Å². The van der Waals surface area contributed by atoms with E-state index in [1.165, 1.54) is 0 Å². The van der Waals surface area contributed by atoms with Crippen molar-refractivity contribution < 1.29 is 14.6 Å². The van der Waals surface area contributed by atoms with Crippen molar-refractivity contribution in [3.8, 4) is 17.4 Å². The molecule has 1 heterocycles. The molecule has 2 N–H and O–H groups in total. The van der Waals surface area contributed by atoms with E-state index in [4.69, 9.17) is 9.47 Å². The normalized spacial score (nSPS) is 11.7. The van der Waals surface area contributed by atoms with E-state index in [1.54, 1.807) is 43.5 Å². The number of aromatic nitrogens is 1. The number of nitrogens with one attached hydrogen (secondary N) is 1. The van der Waals surface area contributed by atoms with Crippen molar-refractivity contribution in [2.75, 3.05) is 13.7 Å². The smallest absolute Gasteiger partial charge is 0.307 e. The lowest BCUT2D eigenvalue weighted by molar-refractivity contribution is 0.290. The monoisotopic (exact) mass is 386 g/mol. The van der Waals surface area contributed by atoms with Crippen LogP contribution < -0.4 is 14.3 Å². The number of hydrogen-bond donors (Lipinski definition) is 2. The molecule has 0 radical (unpaired) electrons. The molecule has 0 fully saturated rings. The SMILES string of the molecule is COc1cccc(C(COc2ccc(Cc3sc(=O)[nH]c3O)cc2)N=O)c1. The summed E-state index contributed by atoms with van der Waals surface area (Å²) >= 11 is 0.981. The van der Waals surface area contributed by atoms with Crippen molar-refractivity contribution in [2.45, 2.75) is 12.5 Å². The van der Waals surface area contributed by atoms with Gasteiger partial charge in [0.15, 0.2) is 6.04 Å². The molecular weight excluding hydrogens is 368 g/mol. The number of aromatic hydroxyl groups is 1. The average molecular weight is 386 g/mol. The van der Waals surface area contributed by atoms with E-state index in [1.807, 2.05) is 12.1 Å². The Hall–Kier alpha value is -3.13. The number of H-pyrrole nitrogens is 1. The minimum Gasteiger partial charge on any atom is -0.497 e. The Kier molecular flexibility index (Phi) is 5.87. The third kappa shape index (κ3) is 4.73. The molecule has 1 unspecified atom stereocenters. The highest BCUT2D eigenvalue weighted by Crippen LogP contribution is 2.25. The molecule has 0 saturated heterocycles. The molecule has 3 rings (SSSR count). The molecule has 0 aliphatic heterocycles. The molecular formula is C19H18N2O5S. The third-order valence-corrected chi connectivity index (χ3v) is 4.87. The first-order chi connectivity index (χ1) is 13.1. The summed E-state index contributed by atoms with van der Waals surface area (Å²) in [6.45, 7) is 0.107. The number of rotatable bonds is 8. The van der Waals surface area contributed by atoms with Gasteiger partial charge in [0, 0.05) is 6.42 Å². The fraction of sp³-hybridized carbons (Fsp3) is 0.211. The summed E-state index contributed by atoms with van der Waals surface area (Å²) in [5.41, 5.74) is 1.64. The molecule has 3 aromatic rings. The molecule has 27 heavy (non-hydrogen) atoms. The van der Waals surface area contributed by atoms with Crippen LogP contribution in [0, 0.1) is 4.91 Å². The summed E-state index contributed by atoms with van der Waals surface area (Å²) in [5, 5.41) is 12.8. The number of aromatic amines is 1. The number of hydrogen-bond acceptors (Lipinski definition) is 7. The number of nitroso groups, excluding NO2 is 1. The van der Waals surface area contributed by atoms with Crippen LogP contribution in [-0.2, 0) is 6.42 Å². The Morgan fingerprint density at radius 2 is 1.96 bits per heavy atom. The summed E-state index contributed by atoms with van der Waals surface area (Å²) in [6, 6.07) is 13.7. The second-order valence-electron chi connectivity index (χ2n) is 5.82. The van der Waals surface area contributed by atoms with Crippen molar-refractivity contribution in [2.24, 2.45) is 5.18 Å². The zero-order valence-electron chi connectivity index (χ0n) is 14.5. The maximum atomic E-state index is 11.2. The topological polar surface area (TPSA) is 101 Å². The zero-order valence-corrected chi connectivity index (χ0v) is 15.4. The molecule has 140 valence electrons. The van der Waals surface area contributed by atoms with Gasteiger partial charge in [-0.25, -0.2) is 0 Å². The first-order valence-electron chi connectivity index (χ1n) is 8.18. The number of nitrogens with zero attached hydrogens (tertiary/aromatic N) is 1. The highest BCUT2D eigenvalue weighted by Gasteiger charge is 2.14. The summed E-state index contributed by atoms with van der Waals surface area (Å²) in [4.78, 5) is 25.1. The van der Waals surface area contributed by atoms with Crippen molar-refractivity contribution in [3.05, 3.63) is 79.1 Å². The second-order valence-corrected chi connectivity index (χ2v) is 6.88. The quantitative estimate of drug-likeness (QED) is 0.576. The van der Waals surface area contributed by atoms with E-state index in [0.717, 1.165) is 22.5 Å². The fourth-order valence-electron chi connectivity index (χ4n) is 2.57. The van der Waals surface area contributed by atoms with Crippen LogP contribution in [0.3, 0.4) is 0 Å². The predicted molar refractivity (Wildman–Crippen MR) is 103 cm³/mol. The van der Waals surface area contributed by atoms with E-state index in [-0.39, 0.29) is 17.4 Å². The van der Waals surface area contributed by atoms with Crippen LogP contribution in [0.15, 0.2) is 58.5 Å². The van der Waals surface area contributed by atoms with Crippen LogP contribution in [-0.4, -0.2) is 23.8 Å². The number of thiazole rings is 1. The highest BCUT2D eigenvalue weighted by atomic mass is 32.1. The van der Waals surface area contributed by atoms with Gasteiger partial charge in [0.25, 0.3) is 0 Å². The largest absolute Gasteiger partial charge is 0.497 e. The van der Waals surface area contributed by atoms with Crippen molar-refractivity contribution in [1.82, 2.24) is 4.98 Å². The number of benzene rings is 2. The Bertz CT molecular complexity index is 965. The molecule has 0 saturated carbocycles. The molecule has 0 bridgehead atoms. The standard InChI is InChI=1S/C19H18N2O5S/c1-25-15-4-2-3-13(10-15)16(21-24)11-26-14-7-5-12(6-8-14)9-17-18(22)20-19(23)27-17/h2-8,10,16,22H,9,11H2,1H3,(H,20,23). The van der Waals surface area contributed by atoms with Crippen molar-refractivity contribution in [1.29, 1.82) is 0 Å². The third-order valence-electron chi connectivity index (χ3n) is 4.00. The summed E-state index contributed by atoms with van der Waals surface area (Å²) in [5.74, 6) is 1.16. The lowest BCUT2D eigenvalue weighted by Gasteiger charge is -2.13. The predicted octanol–water partition coefficient (Wildman–Crippen LogP) is 3.63. The Balaban J connectivity index is 1.62. The van der Waals surface area contributed by atoms with Crippen LogP contribution in [0.1, 0.15) is 22.0 Å². The average Bonchev–Trinajstić information content (AvgIpc) is 3.00. The van der Waals surface area contributed by atoms with Gasteiger partial charge in [-0.15, -0.1) is 0 Å². The molecule has 8 heteroatoms. The number of methoxy groups -OCH3 is 1. The van der Waals surface area contributed by atoms with Crippen LogP contribution in [0.25, 0.3) is 0 Å². The van der Waals surface area contributed by atoms with Gasteiger partial charge in [0.05, 0.1) is 12.0 Å². The molecule has 0 spiro atoms. The van der Waals surface area contributed by atoms with E-state index in [2.05, 4.69) is 10.2 Å². The van der Waals surface area contributed by atoms with Crippen LogP contribution in [0.4, 0.5) is 0 Å². The van der Waals surface area contributed by atoms with Crippen molar-refractivity contribution >= 4 is 11.3 Å². The Morgan fingerprint density at radius 1 is 1.19 bits per heavy atom. The van der Waals surface area contributed by atoms with Crippen LogP contribution in [0.5, 0.6) is 17.4 Å². The van der Waals surface area contributed by atoms with Gasteiger partial charge in [0.2, 0.25) is 5.88 Å².